The second kappa shape index (κ2) is 2.82. The summed E-state index contributed by atoms with van der Waals surface area (Å²) in [5.41, 5.74) is 1.99. The van der Waals surface area contributed by atoms with Crippen LogP contribution in [0.25, 0.3) is 0 Å². The highest BCUT2D eigenvalue weighted by Crippen LogP contribution is 2.10. The van der Waals surface area contributed by atoms with Crippen LogP contribution < -0.4 is 10.6 Å². The van der Waals surface area contributed by atoms with Crippen LogP contribution in [-0.2, 0) is 0 Å². The summed E-state index contributed by atoms with van der Waals surface area (Å²) in [5, 5.41) is 6.06. The van der Waals surface area contributed by atoms with Crippen molar-refractivity contribution in [3.8, 4) is 0 Å². The fourth-order valence-corrected chi connectivity index (χ4v) is 0.978. The average Bonchev–Trinajstić information content (AvgIpc) is 1.96. The Labute approximate surface area is 67.7 Å². The van der Waals surface area contributed by atoms with Crippen LogP contribution in [0.15, 0.2) is 28.6 Å². The minimum atomic E-state index is 0.880. The molecule has 0 amide bonds. The van der Waals surface area contributed by atoms with Crippen LogP contribution in [0, 0.1) is 0 Å². The summed E-state index contributed by atoms with van der Waals surface area (Å²) < 4.78 is 0. The molecule has 0 atom stereocenters. The summed E-state index contributed by atoms with van der Waals surface area (Å²) in [6.45, 7) is 5.77. The average molecular weight is 149 g/mol. The van der Waals surface area contributed by atoms with Crippen LogP contribution in [0.5, 0.6) is 0 Å². The predicted octanol–water partition coefficient (Wildman–Crippen LogP) is -0.457. The van der Waals surface area contributed by atoms with Gasteiger partial charge in [-0.1, -0.05) is 6.58 Å². The quantitative estimate of drug-likeness (QED) is 0.495. The maximum atomic E-state index is 4.25. The number of amidine groups is 1. The van der Waals surface area contributed by atoms with Crippen molar-refractivity contribution < 1.29 is 0 Å². The standard InChI is InChI=1S/C7H12BN3/c1-4-6(8)7(9-3)11-5(2)10-4/h9H,1,8H2,2-3H3,(H,10,11). The molecule has 1 aliphatic rings. The van der Waals surface area contributed by atoms with Gasteiger partial charge in [-0.25, -0.2) is 4.99 Å². The molecule has 2 N–H and O–H groups in total. The van der Waals surface area contributed by atoms with Gasteiger partial charge in [0.25, 0.3) is 0 Å². The largest absolute Gasteiger partial charge is 0.373 e. The van der Waals surface area contributed by atoms with E-state index in [9.17, 15) is 0 Å². The lowest BCUT2D eigenvalue weighted by atomic mass is 9.92. The van der Waals surface area contributed by atoms with E-state index < -0.39 is 0 Å². The fraction of sp³-hybridized carbons (Fsp3) is 0.286. The van der Waals surface area contributed by atoms with Gasteiger partial charge < -0.3 is 10.6 Å². The summed E-state index contributed by atoms with van der Waals surface area (Å²) in [4.78, 5) is 4.25. The molecule has 0 fully saturated rings. The zero-order valence-corrected chi connectivity index (χ0v) is 7.15. The van der Waals surface area contributed by atoms with Gasteiger partial charge in [-0.15, -0.1) is 0 Å². The minimum absolute atomic E-state index is 0.880. The third kappa shape index (κ3) is 1.45. The Hall–Kier alpha value is -1.19. The maximum absolute atomic E-state index is 4.25. The molecule has 0 saturated heterocycles. The molecule has 3 nitrogen and oxygen atoms in total. The van der Waals surface area contributed by atoms with Gasteiger partial charge in [-0.05, 0) is 12.4 Å². The Bertz CT molecular complexity index is 252. The van der Waals surface area contributed by atoms with Crippen LogP contribution in [-0.4, -0.2) is 20.7 Å². The first-order chi connectivity index (χ1) is 5.15. The zero-order chi connectivity index (χ0) is 8.43. The monoisotopic (exact) mass is 149 g/mol. The number of allylic oxidation sites excluding steroid dienone is 1. The van der Waals surface area contributed by atoms with Gasteiger partial charge in [0.15, 0.2) is 0 Å². The zero-order valence-electron chi connectivity index (χ0n) is 7.15. The lowest BCUT2D eigenvalue weighted by Gasteiger charge is -2.18. The normalized spacial score (nSPS) is 17.6. The van der Waals surface area contributed by atoms with Crippen molar-refractivity contribution in [2.45, 2.75) is 6.92 Å². The molecular formula is C7H12BN3. The van der Waals surface area contributed by atoms with E-state index in [1.165, 1.54) is 0 Å². The van der Waals surface area contributed by atoms with Gasteiger partial charge in [-0.3, -0.25) is 0 Å². The number of rotatable bonds is 1. The number of hydrogen-bond acceptors (Lipinski definition) is 3. The third-order valence-electron chi connectivity index (χ3n) is 1.66. The van der Waals surface area contributed by atoms with Crippen LogP contribution in [0.3, 0.4) is 0 Å². The molecule has 1 rings (SSSR count). The van der Waals surface area contributed by atoms with E-state index in [1.54, 1.807) is 0 Å². The molecule has 0 saturated carbocycles. The molecule has 0 aromatic carbocycles. The lowest BCUT2D eigenvalue weighted by molar-refractivity contribution is 0.918. The molecule has 58 valence electrons. The van der Waals surface area contributed by atoms with Crippen LogP contribution in [0.4, 0.5) is 0 Å². The first-order valence-corrected chi connectivity index (χ1v) is 3.55. The van der Waals surface area contributed by atoms with Gasteiger partial charge in [0.1, 0.15) is 19.5 Å². The molecule has 0 radical (unpaired) electrons. The number of aliphatic imine (C=N–C) groups is 1. The Morgan fingerprint density at radius 1 is 1.64 bits per heavy atom. The topological polar surface area (TPSA) is 36.4 Å². The molecule has 0 spiro atoms. The van der Waals surface area contributed by atoms with Gasteiger partial charge >= 0.3 is 0 Å². The van der Waals surface area contributed by atoms with Crippen molar-refractivity contribution in [1.82, 2.24) is 10.6 Å². The molecular weight excluding hydrogens is 137 g/mol. The predicted molar refractivity (Wildman–Crippen MR) is 50.0 cm³/mol. The molecule has 1 aliphatic heterocycles. The summed E-state index contributed by atoms with van der Waals surface area (Å²) in [6.07, 6.45) is 0. The highest BCUT2D eigenvalue weighted by atomic mass is 15.1. The molecule has 0 aliphatic carbocycles. The highest BCUT2D eigenvalue weighted by molar-refractivity contribution is 6.25. The summed E-state index contributed by atoms with van der Waals surface area (Å²) in [6, 6.07) is 0. The molecule has 0 unspecified atom stereocenters. The Morgan fingerprint density at radius 2 is 2.27 bits per heavy atom. The number of nitrogens with zero attached hydrogens (tertiary/aromatic N) is 1. The molecule has 11 heavy (non-hydrogen) atoms. The first-order valence-electron chi connectivity index (χ1n) is 3.55. The van der Waals surface area contributed by atoms with Crippen LogP contribution in [0.2, 0.25) is 0 Å². The van der Waals surface area contributed by atoms with Crippen molar-refractivity contribution in [2.75, 3.05) is 7.05 Å². The molecule has 0 aromatic rings. The van der Waals surface area contributed by atoms with Gasteiger partial charge in [0.05, 0.1) is 0 Å². The Balaban J connectivity index is 3.02. The summed E-state index contributed by atoms with van der Waals surface area (Å²) >= 11 is 0. The highest BCUT2D eigenvalue weighted by Gasteiger charge is 2.09. The van der Waals surface area contributed by atoms with E-state index in [2.05, 4.69) is 22.2 Å². The van der Waals surface area contributed by atoms with E-state index in [1.807, 2.05) is 21.8 Å². The SMILES string of the molecule is BC1=C(NC)N=C(C)NC1=C. The first kappa shape index (κ1) is 7.92. The second-order valence-corrected chi connectivity index (χ2v) is 2.52. The Kier molecular flexibility index (Phi) is 2.03. The van der Waals surface area contributed by atoms with Crippen molar-refractivity contribution in [3.05, 3.63) is 23.6 Å². The van der Waals surface area contributed by atoms with E-state index in [4.69, 9.17) is 0 Å². The smallest absolute Gasteiger partial charge is 0.146 e. The molecule has 0 aromatic heterocycles. The van der Waals surface area contributed by atoms with E-state index >= 15 is 0 Å². The summed E-state index contributed by atoms with van der Waals surface area (Å²) in [7, 11) is 3.84. The fourth-order valence-electron chi connectivity index (χ4n) is 0.978. The lowest BCUT2D eigenvalue weighted by Crippen LogP contribution is -2.28. The van der Waals surface area contributed by atoms with E-state index in [0.717, 1.165) is 22.8 Å². The maximum Gasteiger partial charge on any atom is 0.146 e. The van der Waals surface area contributed by atoms with Crippen LogP contribution >= 0.6 is 0 Å². The third-order valence-corrected chi connectivity index (χ3v) is 1.66. The van der Waals surface area contributed by atoms with Crippen molar-refractivity contribution in [2.24, 2.45) is 4.99 Å². The number of nitrogens with one attached hydrogen (secondary N) is 2. The Morgan fingerprint density at radius 3 is 2.82 bits per heavy atom. The molecule has 0 bridgehead atoms. The van der Waals surface area contributed by atoms with Gasteiger partial charge in [-0.2, -0.15) is 0 Å². The second-order valence-electron chi connectivity index (χ2n) is 2.52. The summed E-state index contributed by atoms with van der Waals surface area (Å²) in [5.74, 6) is 1.77. The van der Waals surface area contributed by atoms with E-state index in [-0.39, 0.29) is 0 Å². The van der Waals surface area contributed by atoms with Gasteiger partial charge in [0.2, 0.25) is 0 Å². The van der Waals surface area contributed by atoms with Crippen molar-refractivity contribution in [3.63, 3.8) is 0 Å². The van der Waals surface area contributed by atoms with Gasteiger partial charge in [0, 0.05) is 12.7 Å². The molecule has 4 heteroatoms. The number of hydrogen-bond donors (Lipinski definition) is 2. The van der Waals surface area contributed by atoms with Crippen molar-refractivity contribution in [1.29, 1.82) is 0 Å². The minimum Gasteiger partial charge on any atom is -0.373 e. The molecule has 1 heterocycles. The van der Waals surface area contributed by atoms with Crippen molar-refractivity contribution >= 4 is 13.7 Å². The van der Waals surface area contributed by atoms with Crippen LogP contribution in [0.1, 0.15) is 6.92 Å². The van der Waals surface area contributed by atoms with E-state index in [0.29, 0.717) is 0 Å².